The van der Waals surface area contributed by atoms with Gasteiger partial charge in [-0.3, -0.25) is 4.79 Å². The Bertz CT molecular complexity index is 654. The van der Waals surface area contributed by atoms with Crippen molar-refractivity contribution in [2.45, 2.75) is 33.6 Å². The zero-order valence-electron chi connectivity index (χ0n) is 13.8. The van der Waals surface area contributed by atoms with Gasteiger partial charge in [-0.2, -0.15) is 4.98 Å². The minimum atomic E-state index is -0.266. The summed E-state index contributed by atoms with van der Waals surface area (Å²) in [7, 11) is 0. The van der Waals surface area contributed by atoms with Gasteiger partial charge in [0.25, 0.3) is 5.91 Å². The fourth-order valence-electron chi connectivity index (χ4n) is 2.37. The molecule has 2 rings (SSSR count). The molecule has 2 N–H and O–H groups in total. The number of benzene rings is 1. The van der Waals surface area contributed by atoms with E-state index in [1.165, 1.54) is 0 Å². The molecule has 0 bridgehead atoms. The number of aromatic nitrogens is 2. The first-order chi connectivity index (χ1) is 11.0. The van der Waals surface area contributed by atoms with Crippen LogP contribution in [0, 0.1) is 12.3 Å². The third kappa shape index (κ3) is 3.96. The number of nitrogens with zero attached hydrogens (tertiary/aromatic N) is 2. The van der Waals surface area contributed by atoms with E-state index in [1.54, 1.807) is 25.1 Å². The van der Waals surface area contributed by atoms with Gasteiger partial charge < -0.3 is 14.9 Å². The maximum Gasteiger partial charge on any atom is 0.251 e. The highest BCUT2D eigenvalue weighted by Gasteiger charge is 2.26. The van der Waals surface area contributed by atoms with E-state index in [0.717, 1.165) is 18.4 Å². The van der Waals surface area contributed by atoms with Gasteiger partial charge in [-0.25, -0.2) is 0 Å². The van der Waals surface area contributed by atoms with E-state index in [0.29, 0.717) is 23.8 Å². The van der Waals surface area contributed by atoms with Gasteiger partial charge in [0.15, 0.2) is 0 Å². The highest BCUT2D eigenvalue weighted by Crippen LogP contribution is 2.24. The molecule has 1 amide bonds. The number of aliphatic hydroxyl groups is 1. The fourth-order valence-corrected chi connectivity index (χ4v) is 2.37. The van der Waals surface area contributed by atoms with Gasteiger partial charge in [-0.05, 0) is 25.0 Å². The van der Waals surface area contributed by atoms with Gasteiger partial charge in [0.2, 0.25) is 11.7 Å². The number of aliphatic hydroxyl groups excluding tert-OH is 1. The van der Waals surface area contributed by atoms with Crippen LogP contribution < -0.4 is 5.32 Å². The van der Waals surface area contributed by atoms with Crippen molar-refractivity contribution in [3.05, 3.63) is 35.7 Å². The summed E-state index contributed by atoms with van der Waals surface area (Å²) in [4.78, 5) is 16.5. The molecule has 0 aliphatic heterocycles. The maximum atomic E-state index is 12.4. The second-order valence-corrected chi connectivity index (χ2v) is 5.77. The lowest BCUT2D eigenvalue weighted by Crippen LogP contribution is -2.39. The van der Waals surface area contributed by atoms with Crippen LogP contribution in [0.4, 0.5) is 0 Å². The molecular formula is C17H23N3O3. The molecule has 0 aliphatic rings. The smallest absolute Gasteiger partial charge is 0.251 e. The van der Waals surface area contributed by atoms with Gasteiger partial charge >= 0.3 is 0 Å². The summed E-state index contributed by atoms with van der Waals surface area (Å²) in [5.74, 6) is 0.768. The number of nitrogens with one attached hydrogen (secondary N) is 1. The van der Waals surface area contributed by atoms with Gasteiger partial charge in [0.05, 0.1) is 6.61 Å². The maximum absolute atomic E-state index is 12.4. The highest BCUT2D eigenvalue weighted by molar-refractivity contribution is 5.95. The van der Waals surface area contributed by atoms with Crippen molar-refractivity contribution in [1.29, 1.82) is 0 Å². The van der Waals surface area contributed by atoms with Crippen molar-refractivity contribution in [2.75, 3.05) is 13.2 Å². The zero-order chi connectivity index (χ0) is 16.9. The fraction of sp³-hybridized carbons (Fsp3) is 0.471. The van der Waals surface area contributed by atoms with Crippen LogP contribution >= 0.6 is 0 Å². The summed E-state index contributed by atoms with van der Waals surface area (Å²) < 4.78 is 4.97. The molecule has 2 aromatic rings. The number of aryl methyl sites for hydroxylation is 1. The molecule has 1 heterocycles. The molecule has 124 valence electrons. The lowest BCUT2D eigenvalue weighted by molar-refractivity contribution is 0.0851. The number of rotatable bonds is 7. The molecule has 0 spiro atoms. The number of hydrogen-bond acceptors (Lipinski definition) is 5. The third-order valence-electron chi connectivity index (χ3n) is 4.37. The van der Waals surface area contributed by atoms with E-state index in [1.807, 2.05) is 19.9 Å². The first-order valence-electron chi connectivity index (χ1n) is 7.83. The Morgan fingerprint density at radius 3 is 2.65 bits per heavy atom. The number of hydrogen-bond donors (Lipinski definition) is 2. The number of amides is 1. The average molecular weight is 317 g/mol. The normalized spacial score (nSPS) is 11.5. The second-order valence-electron chi connectivity index (χ2n) is 5.77. The predicted octanol–water partition coefficient (Wildman–Crippen LogP) is 2.57. The van der Waals surface area contributed by atoms with E-state index in [-0.39, 0.29) is 17.9 Å². The van der Waals surface area contributed by atoms with E-state index in [9.17, 15) is 9.90 Å². The molecule has 0 aliphatic carbocycles. The van der Waals surface area contributed by atoms with E-state index >= 15 is 0 Å². The molecule has 0 fully saturated rings. The van der Waals surface area contributed by atoms with Crippen molar-refractivity contribution < 1.29 is 14.4 Å². The first kappa shape index (κ1) is 17.1. The van der Waals surface area contributed by atoms with E-state index in [4.69, 9.17) is 4.52 Å². The summed E-state index contributed by atoms with van der Waals surface area (Å²) in [6.07, 6.45) is 1.62. The van der Waals surface area contributed by atoms with Gasteiger partial charge in [0, 0.05) is 30.0 Å². The Labute approximate surface area is 135 Å². The van der Waals surface area contributed by atoms with E-state index in [2.05, 4.69) is 15.5 Å². The molecule has 0 saturated carbocycles. The summed E-state index contributed by atoms with van der Waals surface area (Å²) in [5.41, 5.74) is 0.996. The van der Waals surface area contributed by atoms with Crippen LogP contribution in [0.1, 0.15) is 42.9 Å². The van der Waals surface area contributed by atoms with Crippen molar-refractivity contribution >= 4 is 5.91 Å². The Hall–Kier alpha value is -2.21. The third-order valence-corrected chi connectivity index (χ3v) is 4.37. The van der Waals surface area contributed by atoms with Crippen LogP contribution in [-0.4, -0.2) is 34.3 Å². The number of carbonyl (C=O) groups is 1. The molecule has 6 nitrogen and oxygen atoms in total. The topological polar surface area (TPSA) is 88.2 Å². The van der Waals surface area contributed by atoms with Crippen LogP contribution in [0.3, 0.4) is 0 Å². The molecule has 0 saturated heterocycles. The van der Waals surface area contributed by atoms with Crippen molar-refractivity contribution in [2.24, 2.45) is 5.41 Å². The van der Waals surface area contributed by atoms with Crippen molar-refractivity contribution in [3.8, 4) is 11.4 Å². The molecule has 6 heteroatoms. The van der Waals surface area contributed by atoms with Crippen molar-refractivity contribution in [3.63, 3.8) is 0 Å². The Balaban J connectivity index is 2.11. The molecule has 23 heavy (non-hydrogen) atoms. The summed E-state index contributed by atoms with van der Waals surface area (Å²) in [6, 6.07) is 7.09. The van der Waals surface area contributed by atoms with Gasteiger partial charge in [-0.1, -0.05) is 31.1 Å². The van der Waals surface area contributed by atoms with Gasteiger partial charge in [0.1, 0.15) is 0 Å². The van der Waals surface area contributed by atoms with Crippen LogP contribution in [0.2, 0.25) is 0 Å². The van der Waals surface area contributed by atoms with Crippen LogP contribution in [0.15, 0.2) is 28.8 Å². The van der Waals surface area contributed by atoms with Crippen LogP contribution in [0.25, 0.3) is 11.4 Å². The first-order valence-corrected chi connectivity index (χ1v) is 7.83. The quantitative estimate of drug-likeness (QED) is 0.819. The lowest BCUT2D eigenvalue weighted by Gasteiger charge is -2.29. The molecule has 1 aromatic carbocycles. The molecular weight excluding hydrogens is 294 g/mol. The molecule has 1 aromatic heterocycles. The SMILES string of the molecule is CCC(CC)(CO)CNC(=O)c1cccc(-c2noc(C)n2)c1. The molecule has 0 radical (unpaired) electrons. The Morgan fingerprint density at radius 2 is 2.09 bits per heavy atom. The highest BCUT2D eigenvalue weighted by atomic mass is 16.5. The largest absolute Gasteiger partial charge is 0.396 e. The lowest BCUT2D eigenvalue weighted by atomic mass is 9.83. The van der Waals surface area contributed by atoms with Crippen molar-refractivity contribution in [1.82, 2.24) is 15.5 Å². The van der Waals surface area contributed by atoms with Crippen LogP contribution in [0.5, 0.6) is 0 Å². The van der Waals surface area contributed by atoms with E-state index < -0.39 is 0 Å². The second kappa shape index (κ2) is 7.37. The minimum Gasteiger partial charge on any atom is -0.396 e. The minimum absolute atomic E-state index is 0.0580. The average Bonchev–Trinajstić information content (AvgIpc) is 3.03. The summed E-state index contributed by atoms with van der Waals surface area (Å²) in [5, 5.41) is 16.4. The predicted molar refractivity (Wildman–Crippen MR) is 86.9 cm³/mol. The summed E-state index contributed by atoms with van der Waals surface area (Å²) >= 11 is 0. The summed E-state index contributed by atoms with van der Waals surface area (Å²) in [6.45, 7) is 6.26. The standard InChI is InChI=1S/C17H23N3O3/c1-4-17(5-2,11-21)10-18-16(22)14-8-6-7-13(9-14)15-19-12(3)23-20-15/h6-9,21H,4-5,10-11H2,1-3H3,(H,18,22). The number of carbonyl (C=O) groups excluding carboxylic acids is 1. The molecule has 0 unspecified atom stereocenters. The van der Waals surface area contributed by atoms with Gasteiger partial charge in [-0.15, -0.1) is 0 Å². The zero-order valence-corrected chi connectivity index (χ0v) is 13.8. The monoisotopic (exact) mass is 317 g/mol. The molecule has 0 atom stereocenters. The Morgan fingerprint density at radius 1 is 1.35 bits per heavy atom. The van der Waals surface area contributed by atoms with Crippen LogP contribution in [-0.2, 0) is 0 Å². The Kier molecular flexibility index (Phi) is 5.50.